The number of likely N-dealkylation sites (N-methyl/N-ethyl adjacent to an activating group) is 1. The van der Waals surface area contributed by atoms with Gasteiger partial charge in [0.25, 0.3) is 0 Å². The molecule has 0 N–H and O–H groups in total. The van der Waals surface area contributed by atoms with Crippen LogP contribution in [0.25, 0.3) is 0 Å². The lowest BCUT2D eigenvalue weighted by atomic mass is 10.3. The fourth-order valence-electron chi connectivity index (χ4n) is 1.58. The van der Waals surface area contributed by atoms with Crippen molar-refractivity contribution in [2.75, 3.05) is 19.6 Å². The number of rotatable bonds is 3. The van der Waals surface area contributed by atoms with Crippen LogP contribution in [0.15, 0.2) is 0 Å². The van der Waals surface area contributed by atoms with Gasteiger partial charge in [0.05, 0.1) is 12.2 Å². The maximum atomic E-state index is 5.70. The molecule has 0 aliphatic carbocycles. The van der Waals surface area contributed by atoms with Crippen LogP contribution in [0.2, 0.25) is 0 Å². The van der Waals surface area contributed by atoms with Gasteiger partial charge in [-0.1, -0.05) is 6.92 Å². The third-order valence-corrected chi connectivity index (χ3v) is 2.14. The summed E-state index contributed by atoms with van der Waals surface area (Å²) in [6.45, 7) is 9.93. The van der Waals surface area contributed by atoms with Crippen molar-refractivity contribution in [3.63, 3.8) is 0 Å². The predicted octanol–water partition coefficient (Wildman–Crippen LogP) is 1.51. The molecule has 2 nitrogen and oxygen atoms in total. The highest BCUT2D eigenvalue weighted by Crippen LogP contribution is 2.13. The Hall–Kier alpha value is -0.0800. The Morgan fingerprint density at radius 2 is 2.27 bits per heavy atom. The second-order valence-corrected chi connectivity index (χ2v) is 3.49. The fraction of sp³-hybridized carbons (Fsp3) is 1.00. The minimum absolute atomic E-state index is 0.386. The average Bonchev–Trinajstić information content (AvgIpc) is 2.34. The van der Waals surface area contributed by atoms with Crippen LogP contribution >= 0.6 is 0 Å². The topological polar surface area (TPSA) is 12.5 Å². The number of ether oxygens (including phenoxy) is 1. The van der Waals surface area contributed by atoms with E-state index in [0.29, 0.717) is 12.2 Å². The maximum absolute atomic E-state index is 5.70. The predicted molar refractivity (Wildman–Crippen MR) is 46.7 cm³/mol. The van der Waals surface area contributed by atoms with Gasteiger partial charge < -0.3 is 9.64 Å². The van der Waals surface area contributed by atoms with Gasteiger partial charge in [-0.05, 0) is 26.8 Å². The summed E-state index contributed by atoms with van der Waals surface area (Å²) < 4.78 is 5.70. The average molecular weight is 157 g/mol. The van der Waals surface area contributed by atoms with E-state index in [4.69, 9.17) is 4.74 Å². The molecule has 2 heteroatoms. The zero-order valence-corrected chi connectivity index (χ0v) is 7.84. The molecular weight excluding hydrogens is 138 g/mol. The van der Waals surface area contributed by atoms with Crippen molar-refractivity contribution >= 4 is 0 Å². The maximum Gasteiger partial charge on any atom is 0.0717 e. The van der Waals surface area contributed by atoms with Gasteiger partial charge in [-0.3, -0.25) is 0 Å². The molecule has 0 radical (unpaired) electrons. The van der Waals surface area contributed by atoms with Crippen LogP contribution in [0.3, 0.4) is 0 Å². The molecular formula is C9H19NO. The zero-order valence-electron chi connectivity index (χ0n) is 7.84. The molecule has 1 atom stereocenters. The molecule has 1 fully saturated rings. The molecule has 1 unspecified atom stereocenters. The number of hydrogen-bond acceptors (Lipinski definition) is 2. The van der Waals surface area contributed by atoms with Crippen LogP contribution in [0.5, 0.6) is 0 Å². The summed E-state index contributed by atoms with van der Waals surface area (Å²) in [5.41, 5.74) is 0. The van der Waals surface area contributed by atoms with Crippen LogP contribution in [-0.4, -0.2) is 36.7 Å². The summed E-state index contributed by atoms with van der Waals surface area (Å²) >= 11 is 0. The van der Waals surface area contributed by atoms with Crippen LogP contribution in [0.4, 0.5) is 0 Å². The van der Waals surface area contributed by atoms with E-state index < -0.39 is 0 Å². The first-order valence-electron chi connectivity index (χ1n) is 4.60. The Morgan fingerprint density at radius 1 is 1.55 bits per heavy atom. The summed E-state index contributed by atoms with van der Waals surface area (Å²) in [5.74, 6) is 0. The molecule has 0 bridgehead atoms. The van der Waals surface area contributed by atoms with E-state index in [1.54, 1.807) is 0 Å². The van der Waals surface area contributed by atoms with Crippen molar-refractivity contribution in [2.45, 2.75) is 39.4 Å². The van der Waals surface area contributed by atoms with E-state index in [0.717, 1.165) is 13.1 Å². The van der Waals surface area contributed by atoms with E-state index in [1.807, 2.05) is 0 Å². The zero-order chi connectivity index (χ0) is 8.27. The fourth-order valence-corrected chi connectivity index (χ4v) is 1.58. The van der Waals surface area contributed by atoms with Crippen LogP contribution in [0.1, 0.15) is 27.2 Å². The lowest BCUT2D eigenvalue weighted by Gasteiger charge is -2.15. The molecule has 0 saturated carbocycles. The third-order valence-electron chi connectivity index (χ3n) is 2.14. The summed E-state index contributed by atoms with van der Waals surface area (Å²) in [4.78, 5) is 2.44. The van der Waals surface area contributed by atoms with Gasteiger partial charge in [-0.15, -0.1) is 0 Å². The van der Waals surface area contributed by atoms with E-state index in [2.05, 4.69) is 25.7 Å². The summed E-state index contributed by atoms with van der Waals surface area (Å²) in [6, 6.07) is 0. The van der Waals surface area contributed by atoms with Crippen molar-refractivity contribution < 1.29 is 4.74 Å². The molecule has 0 amide bonds. The van der Waals surface area contributed by atoms with Gasteiger partial charge in [-0.25, -0.2) is 0 Å². The van der Waals surface area contributed by atoms with Crippen LogP contribution in [-0.2, 0) is 4.74 Å². The van der Waals surface area contributed by atoms with Crippen LogP contribution in [0, 0.1) is 0 Å². The molecule has 1 rings (SSSR count). The minimum Gasteiger partial charge on any atom is -0.374 e. The van der Waals surface area contributed by atoms with Gasteiger partial charge in [0.1, 0.15) is 0 Å². The molecule has 0 spiro atoms. The van der Waals surface area contributed by atoms with Crippen LogP contribution < -0.4 is 0 Å². The standard InChI is InChI=1S/C9H19NO/c1-4-10-6-5-9(7-10)11-8(2)3/h8-9H,4-7H2,1-3H3. The van der Waals surface area contributed by atoms with Gasteiger partial charge >= 0.3 is 0 Å². The molecule has 66 valence electrons. The van der Waals surface area contributed by atoms with Crippen molar-refractivity contribution in [2.24, 2.45) is 0 Å². The molecule has 1 heterocycles. The summed E-state index contributed by atoms with van der Waals surface area (Å²) in [5, 5.41) is 0. The highest BCUT2D eigenvalue weighted by Gasteiger charge is 2.21. The monoisotopic (exact) mass is 157 g/mol. The lowest BCUT2D eigenvalue weighted by molar-refractivity contribution is 0.0143. The summed E-state index contributed by atoms with van der Waals surface area (Å²) in [7, 11) is 0. The normalized spacial score (nSPS) is 26.7. The smallest absolute Gasteiger partial charge is 0.0717 e. The Bertz CT molecular complexity index is 114. The first kappa shape index (κ1) is 9.01. The largest absolute Gasteiger partial charge is 0.374 e. The van der Waals surface area contributed by atoms with Gasteiger partial charge in [-0.2, -0.15) is 0 Å². The number of hydrogen-bond donors (Lipinski definition) is 0. The Balaban J connectivity index is 2.19. The number of likely N-dealkylation sites (tertiary alicyclic amines) is 1. The van der Waals surface area contributed by atoms with E-state index in [1.165, 1.54) is 13.0 Å². The highest BCUT2D eigenvalue weighted by molar-refractivity contribution is 4.75. The lowest BCUT2D eigenvalue weighted by Crippen LogP contribution is -2.24. The minimum atomic E-state index is 0.386. The SMILES string of the molecule is CCN1CCC(OC(C)C)C1. The van der Waals surface area contributed by atoms with Crippen molar-refractivity contribution in [3.05, 3.63) is 0 Å². The first-order valence-corrected chi connectivity index (χ1v) is 4.60. The molecule has 1 aliphatic rings. The highest BCUT2D eigenvalue weighted by atomic mass is 16.5. The van der Waals surface area contributed by atoms with Gasteiger partial charge in [0.2, 0.25) is 0 Å². The Kier molecular flexibility index (Phi) is 3.34. The van der Waals surface area contributed by atoms with Crippen molar-refractivity contribution in [1.82, 2.24) is 4.90 Å². The molecule has 11 heavy (non-hydrogen) atoms. The van der Waals surface area contributed by atoms with Crippen molar-refractivity contribution in [1.29, 1.82) is 0 Å². The molecule has 0 aromatic carbocycles. The van der Waals surface area contributed by atoms with E-state index in [-0.39, 0.29) is 0 Å². The molecule has 0 aromatic rings. The Labute approximate surface area is 69.5 Å². The molecule has 1 aliphatic heterocycles. The Morgan fingerprint density at radius 3 is 2.73 bits per heavy atom. The van der Waals surface area contributed by atoms with Gasteiger partial charge in [0.15, 0.2) is 0 Å². The third kappa shape index (κ3) is 2.80. The van der Waals surface area contributed by atoms with E-state index >= 15 is 0 Å². The number of nitrogens with zero attached hydrogens (tertiary/aromatic N) is 1. The van der Waals surface area contributed by atoms with Crippen molar-refractivity contribution in [3.8, 4) is 0 Å². The second kappa shape index (κ2) is 4.07. The second-order valence-electron chi connectivity index (χ2n) is 3.49. The molecule has 1 saturated heterocycles. The summed E-state index contributed by atoms with van der Waals surface area (Å²) in [6.07, 6.45) is 2.10. The first-order chi connectivity index (χ1) is 5.22. The van der Waals surface area contributed by atoms with Gasteiger partial charge in [0, 0.05) is 13.1 Å². The quantitative estimate of drug-likeness (QED) is 0.615. The van der Waals surface area contributed by atoms with E-state index in [9.17, 15) is 0 Å². The molecule has 0 aromatic heterocycles.